The van der Waals surface area contributed by atoms with Gasteiger partial charge in [0.15, 0.2) is 0 Å². The third-order valence-electron chi connectivity index (χ3n) is 3.31. The lowest BCUT2D eigenvalue weighted by Crippen LogP contribution is -2.33. The number of nitrogens with two attached hydrogens (primary N) is 1. The summed E-state index contributed by atoms with van der Waals surface area (Å²) in [6, 6.07) is 16.5. The second kappa shape index (κ2) is 5.47. The predicted octanol–water partition coefficient (Wildman–Crippen LogP) is 3.96. The summed E-state index contributed by atoms with van der Waals surface area (Å²) in [5.74, 6) is 0. The molecule has 2 aromatic carbocycles. The second-order valence-corrected chi connectivity index (χ2v) is 5.71. The third-order valence-corrected chi connectivity index (χ3v) is 4.44. The standard InChI is InChI=1S/C17H16N2S/c1-2-19-15-5-3-4-6-16(15)20-17(19)12-9-13-7-10-14(18)11-8-13/h3-12,18H,2H2,1H3/p+1. The van der Waals surface area contributed by atoms with Crippen molar-refractivity contribution >= 4 is 39.4 Å². The van der Waals surface area contributed by atoms with Gasteiger partial charge < -0.3 is 5.73 Å². The van der Waals surface area contributed by atoms with E-state index in [1.165, 1.54) is 20.8 Å². The zero-order valence-corrected chi connectivity index (χ0v) is 12.2. The summed E-state index contributed by atoms with van der Waals surface area (Å²) in [5.41, 5.74) is 8.97. The van der Waals surface area contributed by atoms with Gasteiger partial charge in [-0.3, -0.25) is 0 Å². The highest BCUT2D eigenvalue weighted by Crippen LogP contribution is 2.22. The lowest BCUT2D eigenvalue weighted by Gasteiger charge is -1.94. The molecule has 0 aliphatic carbocycles. The van der Waals surface area contributed by atoms with Crippen molar-refractivity contribution in [3.8, 4) is 0 Å². The molecule has 0 aliphatic heterocycles. The number of aromatic nitrogens is 1. The SMILES string of the molecule is CC[n+]1c(C=Cc2ccc(N)cc2)sc2ccccc21. The van der Waals surface area contributed by atoms with Crippen LogP contribution in [0.2, 0.25) is 0 Å². The zero-order valence-electron chi connectivity index (χ0n) is 11.4. The van der Waals surface area contributed by atoms with Crippen molar-refractivity contribution in [1.29, 1.82) is 0 Å². The molecular formula is C17H17N2S+. The minimum atomic E-state index is 0.799. The summed E-state index contributed by atoms with van der Waals surface area (Å²) < 4.78 is 3.67. The van der Waals surface area contributed by atoms with E-state index in [4.69, 9.17) is 5.73 Å². The Morgan fingerprint density at radius 3 is 2.55 bits per heavy atom. The Morgan fingerprint density at radius 2 is 1.80 bits per heavy atom. The van der Waals surface area contributed by atoms with Crippen LogP contribution < -0.4 is 10.3 Å². The molecule has 0 unspecified atom stereocenters. The molecule has 0 atom stereocenters. The maximum absolute atomic E-state index is 5.70. The van der Waals surface area contributed by atoms with E-state index in [1.54, 1.807) is 0 Å². The minimum absolute atomic E-state index is 0.799. The minimum Gasteiger partial charge on any atom is -0.399 e. The second-order valence-electron chi connectivity index (χ2n) is 4.65. The first-order valence-corrected chi connectivity index (χ1v) is 7.54. The van der Waals surface area contributed by atoms with E-state index >= 15 is 0 Å². The van der Waals surface area contributed by atoms with Gasteiger partial charge in [-0.1, -0.05) is 35.6 Å². The number of rotatable bonds is 3. The van der Waals surface area contributed by atoms with Crippen LogP contribution in [0.15, 0.2) is 48.5 Å². The first-order valence-electron chi connectivity index (χ1n) is 6.73. The fourth-order valence-electron chi connectivity index (χ4n) is 2.28. The largest absolute Gasteiger partial charge is 0.399 e. The number of hydrogen-bond acceptors (Lipinski definition) is 2. The van der Waals surface area contributed by atoms with Crippen molar-refractivity contribution in [1.82, 2.24) is 0 Å². The highest BCUT2D eigenvalue weighted by atomic mass is 32.1. The predicted molar refractivity (Wildman–Crippen MR) is 87.5 cm³/mol. The van der Waals surface area contributed by atoms with E-state index in [-0.39, 0.29) is 0 Å². The number of nitrogens with zero attached hydrogens (tertiary/aromatic N) is 1. The topological polar surface area (TPSA) is 29.9 Å². The molecular weight excluding hydrogens is 264 g/mol. The molecule has 1 aromatic heterocycles. The third kappa shape index (κ3) is 2.45. The average molecular weight is 281 g/mol. The fourth-order valence-corrected chi connectivity index (χ4v) is 3.41. The van der Waals surface area contributed by atoms with Gasteiger partial charge in [0.25, 0.3) is 5.01 Å². The molecule has 0 saturated heterocycles. The summed E-state index contributed by atoms with van der Waals surface area (Å²) in [6.07, 6.45) is 4.32. The summed E-state index contributed by atoms with van der Waals surface area (Å²) in [6.45, 7) is 3.16. The summed E-state index contributed by atoms with van der Waals surface area (Å²) in [5, 5.41) is 1.27. The smallest absolute Gasteiger partial charge is 0.262 e. The normalized spacial score (nSPS) is 11.4. The molecule has 3 heteroatoms. The number of aryl methyl sites for hydroxylation is 1. The lowest BCUT2D eigenvalue weighted by molar-refractivity contribution is -0.665. The van der Waals surface area contributed by atoms with Gasteiger partial charge in [-0.25, -0.2) is 0 Å². The first-order chi connectivity index (χ1) is 9.78. The molecule has 0 saturated carbocycles. The molecule has 2 nitrogen and oxygen atoms in total. The molecule has 0 spiro atoms. The van der Waals surface area contributed by atoms with Gasteiger partial charge in [0, 0.05) is 17.8 Å². The van der Waals surface area contributed by atoms with Gasteiger partial charge in [-0.2, -0.15) is 4.57 Å². The number of benzene rings is 2. The van der Waals surface area contributed by atoms with Crippen molar-refractivity contribution in [2.75, 3.05) is 5.73 Å². The van der Waals surface area contributed by atoms with Crippen LogP contribution in [-0.4, -0.2) is 0 Å². The Hall–Kier alpha value is -2.13. The highest BCUT2D eigenvalue weighted by Gasteiger charge is 2.15. The number of para-hydroxylation sites is 1. The van der Waals surface area contributed by atoms with E-state index in [1.807, 2.05) is 35.6 Å². The molecule has 3 rings (SSSR count). The van der Waals surface area contributed by atoms with Gasteiger partial charge in [0.05, 0.1) is 0 Å². The number of anilines is 1. The molecule has 0 bridgehead atoms. The monoisotopic (exact) mass is 281 g/mol. The van der Waals surface area contributed by atoms with Crippen LogP contribution in [0.1, 0.15) is 17.5 Å². The molecule has 3 aromatic rings. The number of hydrogen-bond donors (Lipinski definition) is 1. The Morgan fingerprint density at radius 1 is 1.05 bits per heavy atom. The summed E-state index contributed by atoms with van der Waals surface area (Å²) in [4.78, 5) is 0. The van der Waals surface area contributed by atoms with E-state index in [0.29, 0.717) is 0 Å². The average Bonchev–Trinajstić information content (AvgIpc) is 2.84. The number of nitrogen functional groups attached to an aromatic ring is 1. The molecule has 0 aliphatic rings. The van der Waals surface area contributed by atoms with Crippen molar-refractivity contribution < 1.29 is 4.57 Å². The first kappa shape index (κ1) is 12.9. The molecule has 0 amide bonds. The van der Waals surface area contributed by atoms with Gasteiger partial charge in [0.1, 0.15) is 11.2 Å². The van der Waals surface area contributed by atoms with Gasteiger partial charge in [-0.05, 0) is 36.8 Å². The van der Waals surface area contributed by atoms with Crippen LogP contribution >= 0.6 is 11.3 Å². The summed E-state index contributed by atoms with van der Waals surface area (Å²) in [7, 11) is 0. The molecule has 100 valence electrons. The van der Waals surface area contributed by atoms with Crippen LogP contribution in [0.3, 0.4) is 0 Å². The number of thiazole rings is 1. The van der Waals surface area contributed by atoms with Gasteiger partial charge in [0.2, 0.25) is 5.52 Å². The lowest BCUT2D eigenvalue weighted by atomic mass is 10.2. The molecule has 20 heavy (non-hydrogen) atoms. The fraction of sp³-hybridized carbons (Fsp3) is 0.118. The highest BCUT2D eigenvalue weighted by molar-refractivity contribution is 7.18. The van der Waals surface area contributed by atoms with E-state index < -0.39 is 0 Å². The Bertz CT molecular complexity index is 754. The van der Waals surface area contributed by atoms with Crippen molar-refractivity contribution in [2.45, 2.75) is 13.5 Å². The Balaban J connectivity index is 1.99. The number of fused-ring (bicyclic) bond motifs is 1. The molecule has 0 radical (unpaired) electrons. The van der Waals surface area contributed by atoms with Gasteiger partial charge in [-0.15, -0.1) is 0 Å². The van der Waals surface area contributed by atoms with Crippen LogP contribution in [0, 0.1) is 0 Å². The molecule has 1 heterocycles. The Labute approximate surface area is 122 Å². The van der Waals surface area contributed by atoms with Crippen molar-refractivity contribution in [2.24, 2.45) is 0 Å². The maximum atomic E-state index is 5.70. The molecule has 2 N–H and O–H groups in total. The summed E-state index contributed by atoms with van der Waals surface area (Å²) >= 11 is 1.82. The Kier molecular flexibility index (Phi) is 3.52. The maximum Gasteiger partial charge on any atom is 0.262 e. The van der Waals surface area contributed by atoms with Crippen LogP contribution in [0.5, 0.6) is 0 Å². The zero-order chi connectivity index (χ0) is 13.9. The van der Waals surface area contributed by atoms with E-state index in [2.05, 4.69) is 47.9 Å². The van der Waals surface area contributed by atoms with Crippen LogP contribution in [-0.2, 0) is 6.54 Å². The van der Waals surface area contributed by atoms with Crippen molar-refractivity contribution in [3.63, 3.8) is 0 Å². The van der Waals surface area contributed by atoms with Crippen molar-refractivity contribution in [3.05, 3.63) is 59.1 Å². The molecule has 0 fully saturated rings. The van der Waals surface area contributed by atoms with Gasteiger partial charge >= 0.3 is 0 Å². The van der Waals surface area contributed by atoms with Crippen LogP contribution in [0.25, 0.3) is 22.4 Å². The van der Waals surface area contributed by atoms with Crippen LogP contribution in [0.4, 0.5) is 5.69 Å². The van der Waals surface area contributed by atoms with E-state index in [9.17, 15) is 0 Å². The van der Waals surface area contributed by atoms with E-state index in [0.717, 1.165) is 12.2 Å². The quantitative estimate of drug-likeness (QED) is 0.571.